The predicted octanol–water partition coefficient (Wildman–Crippen LogP) is 2.42. The number of nitrogens with one attached hydrogen (secondary N) is 2. The highest BCUT2D eigenvalue weighted by Crippen LogP contribution is 2.15. The van der Waals surface area contributed by atoms with Gasteiger partial charge in [-0.15, -0.1) is 0 Å². The van der Waals surface area contributed by atoms with Crippen LogP contribution in [0.5, 0.6) is 5.75 Å². The summed E-state index contributed by atoms with van der Waals surface area (Å²) >= 11 is 3.32. The maximum absolute atomic E-state index is 11.9. The molecular formula is C19H22BrN3O3. The topological polar surface area (TPSA) is 70.7 Å². The van der Waals surface area contributed by atoms with Crippen molar-refractivity contribution < 1.29 is 14.3 Å². The number of benzene rings is 2. The van der Waals surface area contributed by atoms with Crippen molar-refractivity contribution in [2.24, 2.45) is 0 Å². The number of carbonyl (C=O) groups is 2. The fourth-order valence-electron chi connectivity index (χ4n) is 2.20. The van der Waals surface area contributed by atoms with Gasteiger partial charge < -0.3 is 4.74 Å². The summed E-state index contributed by atoms with van der Waals surface area (Å²) in [6.07, 6.45) is 0. The molecule has 26 heavy (non-hydrogen) atoms. The van der Waals surface area contributed by atoms with E-state index in [-0.39, 0.29) is 19.1 Å². The van der Waals surface area contributed by atoms with Crippen molar-refractivity contribution in [3.63, 3.8) is 0 Å². The molecule has 2 N–H and O–H groups in total. The Morgan fingerprint density at radius 2 is 1.62 bits per heavy atom. The van der Waals surface area contributed by atoms with E-state index in [4.69, 9.17) is 4.74 Å². The molecule has 0 radical (unpaired) electrons. The maximum atomic E-state index is 11.9. The van der Waals surface area contributed by atoms with Crippen molar-refractivity contribution in [1.29, 1.82) is 0 Å². The van der Waals surface area contributed by atoms with E-state index in [1.165, 1.54) is 5.56 Å². The number of hydrogen-bond acceptors (Lipinski definition) is 4. The van der Waals surface area contributed by atoms with E-state index in [1.54, 1.807) is 12.1 Å². The van der Waals surface area contributed by atoms with Crippen LogP contribution in [0.3, 0.4) is 0 Å². The van der Waals surface area contributed by atoms with Crippen LogP contribution in [-0.4, -0.2) is 36.9 Å². The molecule has 0 spiro atoms. The molecule has 2 aromatic carbocycles. The number of carbonyl (C=O) groups excluding carboxylic acids is 2. The van der Waals surface area contributed by atoms with Gasteiger partial charge in [0.15, 0.2) is 6.61 Å². The molecule has 7 heteroatoms. The molecule has 6 nitrogen and oxygen atoms in total. The largest absolute Gasteiger partial charge is 0.484 e. The Bertz CT molecular complexity index is 733. The van der Waals surface area contributed by atoms with E-state index in [0.717, 1.165) is 10.0 Å². The van der Waals surface area contributed by atoms with Crippen molar-refractivity contribution in [2.75, 3.05) is 20.2 Å². The van der Waals surface area contributed by atoms with Gasteiger partial charge in [0.2, 0.25) is 0 Å². The first-order valence-electron chi connectivity index (χ1n) is 8.12. The summed E-state index contributed by atoms with van der Waals surface area (Å²) < 4.78 is 6.26. The smallest absolute Gasteiger partial charge is 0.276 e. The summed E-state index contributed by atoms with van der Waals surface area (Å²) in [6.45, 7) is 2.67. The lowest BCUT2D eigenvalue weighted by Gasteiger charge is -2.16. The average molecular weight is 420 g/mol. The third kappa shape index (κ3) is 7.25. The van der Waals surface area contributed by atoms with Gasteiger partial charge in [0, 0.05) is 11.0 Å². The van der Waals surface area contributed by atoms with E-state index in [9.17, 15) is 9.59 Å². The lowest BCUT2D eigenvalue weighted by atomic mass is 10.1. The Labute approximate surface area is 161 Å². The standard InChI is InChI=1S/C19H22BrN3O3/c1-14-3-5-15(6-4-14)11-23(2)12-18(24)21-22-19(25)13-26-17-9-7-16(20)8-10-17/h3-10H,11-13H2,1-2H3,(H,21,24)(H,22,25). The second-order valence-electron chi connectivity index (χ2n) is 6.00. The number of rotatable bonds is 7. The van der Waals surface area contributed by atoms with Gasteiger partial charge in [0.1, 0.15) is 5.75 Å². The van der Waals surface area contributed by atoms with Gasteiger partial charge in [-0.05, 0) is 43.8 Å². The molecule has 0 bridgehead atoms. The van der Waals surface area contributed by atoms with Crippen molar-refractivity contribution in [1.82, 2.24) is 15.8 Å². The van der Waals surface area contributed by atoms with Gasteiger partial charge in [-0.1, -0.05) is 45.8 Å². The second-order valence-corrected chi connectivity index (χ2v) is 6.91. The minimum absolute atomic E-state index is 0.168. The second kappa shape index (κ2) is 9.94. The van der Waals surface area contributed by atoms with Gasteiger partial charge in [-0.3, -0.25) is 25.3 Å². The van der Waals surface area contributed by atoms with Crippen molar-refractivity contribution >= 4 is 27.7 Å². The van der Waals surface area contributed by atoms with Crippen LogP contribution < -0.4 is 15.6 Å². The Kier molecular flexibility index (Phi) is 7.62. The predicted molar refractivity (Wildman–Crippen MR) is 103 cm³/mol. The number of halogens is 1. The molecule has 0 aliphatic heterocycles. The Hall–Kier alpha value is -2.38. The van der Waals surface area contributed by atoms with E-state index in [2.05, 4.69) is 26.8 Å². The van der Waals surface area contributed by atoms with Crippen molar-refractivity contribution in [3.05, 3.63) is 64.1 Å². The van der Waals surface area contributed by atoms with Crippen molar-refractivity contribution in [3.8, 4) is 5.75 Å². The van der Waals surface area contributed by atoms with Gasteiger partial charge in [0.05, 0.1) is 6.54 Å². The molecule has 0 aromatic heterocycles. The van der Waals surface area contributed by atoms with Crippen LogP contribution in [0.2, 0.25) is 0 Å². The lowest BCUT2D eigenvalue weighted by Crippen LogP contribution is -2.47. The highest BCUT2D eigenvalue weighted by molar-refractivity contribution is 9.10. The minimum atomic E-state index is -0.428. The zero-order chi connectivity index (χ0) is 18.9. The first kappa shape index (κ1) is 19.9. The normalized spacial score (nSPS) is 10.5. The summed E-state index contributed by atoms with van der Waals surface area (Å²) in [4.78, 5) is 25.5. The highest BCUT2D eigenvalue weighted by Gasteiger charge is 2.09. The molecular weight excluding hydrogens is 398 g/mol. The molecule has 2 aromatic rings. The number of aryl methyl sites for hydroxylation is 1. The summed E-state index contributed by atoms with van der Waals surface area (Å²) in [7, 11) is 1.85. The summed E-state index contributed by atoms with van der Waals surface area (Å²) in [5, 5.41) is 0. The molecule has 0 atom stereocenters. The van der Waals surface area contributed by atoms with E-state index in [0.29, 0.717) is 12.3 Å². The Morgan fingerprint density at radius 3 is 2.27 bits per heavy atom. The van der Waals surface area contributed by atoms with E-state index < -0.39 is 5.91 Å². The number of hydrogen-bond donors (Lipinski definition) is 2. The van der Waals surface area contributed by atoms with Crippen LogP contribution in [0.25, 0.3) is 0 Å². The third-order valence-electron chi connectivity index (χ3n) is 3.51. The summed E-state index contributed by atoms with van der Waals surface area (Å²) in [5.41, 5.74) is 7.05. The van der Waals surface area contributed by atoms with Crippen LogP contribution in [0, 0.1) is 6.92 Å². The van der Waals surface area contributed by atoms with Crippen molar-refractivity contribution in [2.45, 2.75) is 13.5 Å². The number of nitrogens with zero attached hydrogens (tertiary/aromatic N) is 1. The van der Waals surface area contributed by atoms with Crippen LogP contribution in [0.15, 0.2) is 53.0 Å². The average Bonchev–Trinajstić information content (AvgIpc) is 2.61. The molecule has 2 rings (SSSR count). The Balaban J connectivity index is 1.66. The van der Waals surface area contributed by atoms with Gasteiger partial charge in [-0.2, -0.15) is 0 Å². The molecule has 0 unspecified atom stereocenters. The quantitative estimate of drug-likeness (QED) is 0.676. The van der Waals surface area contributed by atoms with Crippen LogP contribution in [0.4, 0.5) is 0 Å². The van der Waals surface area contributed by atoms with Gasteiger partial charge in [-0.25, -0.2) is 0 Å². The number of hydrazine groups is 1. The zero-order valence-electron chi connectivity index (χ0n) is 14.8. The molecule has 2 amide bonds. The molecule has 0 fully saturated rings. The van der Waals surface area contributed by atoms with Gasteiger partial charge in [0.25, 0.3) is 11.8 Å². The molecule has 138 valence electrons. The highest BCUT2D eigenvalue weighted by atomic mass is 79.9. The lowest BCUT2D eigenvalue weighted by molar-refractivity contribution is -0.130. The SMILES string of the molecule is Cc1ccc(CN(C)CC(=O)NNC(=O)COc2ccc(Br)cc2)cc1. The zero-order valence-corrected chi connectivity index (χ0v) is 16.4. The molecule has 0 saturated carbocycles. The van der Waals surface area contributed by atoms with E-state index >= 15 is 0 Å². The minimum Gasteiger partial charge on any atom is -0.484 e. The molecule has 0 heterocycles. The van der Waals surface area contributed by atoms with E-state index in [1.807, 2.05) is 55.3 Å². The number of amides is 2. The number of ether oxygens (including phenoxy) is 1. The van der Waals surface area contributed by atoms with Crippen LogP contribution in [-0.2, 0) is 16.1 Å². The molecule has 0 aliphatic rings. The first-order valence-corrected chi connectivity index (χ1v) is 8.92. The first-order chi connectivity index (χ1) is 12.4. The number of likely N-dealkylation sites (N-methyl/N-ethyl adjacent to an activating group) is 1. The van der Waals surface area contributed by atoms with Gasteiger partial charge >= 0.3 is 0 Å². The molecule has 0 saturated heterocycles. The monoisotopic (exact) mass is 419 g/mol. The summed E-state index contributed by atoms with van der Waals surface area (Å²) in [5.74, 6) is -0.147. The summed E-state index contributed by atoms with van der Waals surface area (Å²) in [6, 6.07) is 15.3. The fraction of sp³-hybridized carbons (Fsp3) is 0.263. The third-order valence-corrected chi connectivity index (χ3v) is 4.04. The molecule has 0 aliphatic carbocycles. The maximum Gasteiger partial charge on any atom is 0.276 e. The Morgan fingerprint density at radius 1 is 1.00 bits per heavy atom. The van der Waals surface area contributed by atoms with Crippen LogP contribution >= 0.6 is 15.9 Å². The van der Waals surface area contributed by atoms with Crippen LogP contribution in [0.1, 0.15) is 11.1 Å². The fourth-order valence-corrected chi connectivity index (χ4v) is 2.47.